The third-order valence-electron chi connectivity index (χ3n) is 5.00. The largest absolute Gasteiger partial charge is 0.379 e. The van der Waals surface area contributed by atoms with Gasteiger partial charge in [0.25, 0.3) is 0 Å². The molecule has 8 heteroatoms. The first-order valence-corrected chi connectivity index (χ1v) is 10.4. The number of pyridine rings is 1. The Balaban J connectivity index is 1.68. The van der Waals surface area contributed by atoms with Crippen molar-refractivity contribution in [2.75, 3.05) is 33.1 Å². The summed E-state index contributed by atoms with van der Waals surface area (Å²) in [5.41, 5.74) is 1.67. The summed E-state index contributed by atoms with van der Waals surface area (Å²) in [6, 6.07) is 11.8. The number of rotatable bonds is 5. The number of benzene rings is 1. The number of hydrogen-bond donors (Lipinski definition) is 0. The number of hydrogen-bond acceptors (Lipinski definition) is 5. The summed E-state index contributed by atoms with van der Waals surface area (Å²) >= 11 is 0. The Bertz CT molecular complexity index is 1060. The summed E-state index contributed by atoms with van der Waals surface area (Å²) in [7, 11) is -0.193. The highest BCUT2D eigenvalue weighted by Gasteiger charge is 2.35. The van der Waals surface area contributed by atoms with Crippen LogP contribution in [0.4, 0.5) is 0 Å². The van der Waals surface area contributed by atoms with Crippen molar-refractivity contribution in [1.82, 2.24) is 18.8 Å². The molecule has 2 atom stereocenters. The summed E-state index contributed by atoms with van der Waals surface area (Å²) in [4.78, 5) is 9.22. The number of sulfonamides is 1. The van der Waals surface area contributed by atoms with Crippen molar-refractivity contribution in [3.05, 3.63) is 48.8 Å². The number of imidazole rings is 1. The van der Waals surface area contributed by atoms with E-state index >= 15 is 0 Å². The van der Waals surface area contributed by atoms with E-state index in [0.29, 0.717) is 13.2 Å². The van der Waals surface area contributed by atoms with Crippen molar-refractivity contribution in [2.24, 2.45) is 5.92 Å². The molecule has 3 heterocycles. The lowest BCUT2D eigenvalue weighted by Crippen LogP contribution is -2.32. The van der Waals surface area contributed by atoms with Gasteiger partial charge in [0.05, 0.1) is 30.5 Å². The molecule has 0 radical (unpaired) electrons. The third kappa shape index (κ3) is 3.47. The first kappa shape index (κ1) is 18.1. The summed E-state index contributed by atoms with van der Waals surface area (Å²) in [5.74, 6) is 0.641. The van der Waals surface area contributed by atoms with E-state index in [-0.39, 0.29) is 17.7 Å². The lowest BCUT2D eigenvalue weighted by molar-refractivity contribution is 0.182. The molecule has 0 bridgehead atoms. The van der Waals surface area contributed by atoms with Crippen LogP contribution in [-0.2, 0) is 14.8 Å². The normalized spacial score (nSPS) is 20.6. The van der Waals surface area contributed by atoms with Crippen LogP contribution in [0.15, 0.2) is 48.8 Å². The summed E-state index contributed by atoms with van der Waals surface area (Å²) < 4.78 is 33.6. The van der Waals surface area contributed by atoms with Crippen molar-refractivity contribution in [2.45, 2.75) is 6.04 Å². The molecule has 1 aliphatic rings. The first-order valence-electron chi connectivity index (χ1n) is 8.82. The van der Waals surface area contributed by atoms with Gasteiger partial charge in [-0.3, -0.25) is 0 Å². The zero-order chi connectivity index (χ0) is 19.0. The topological polar surface area (TPSA) is 77.3 Å². The van der Waals surface area contributed by atoms with E-state index in [4.69, 9.17) is 9.72 Å². The third-order valence-corrected chi connectivity index (χ3v) is 6.96. The molecule has 1 fully saturated rings. The van der Waals surface area contributed by atoms with Gasteiger partial charge >= 0.3 is 0 Å². The second kappa shape index (κ2) is 7.03. The van der Waals surface area contributed by atoms with Crippen LogP contribution in [0.3, 0.4) is 0 Å². The average molecular weight is 386 g/mol. The van der Waals surface area contributed by atoms with Crippen molar-refractivity contribution in [3.63, 3.8) is 0 Å². The van der Waals surface area contributed by atoms with Crippen LogP contribution in [0.5, 0.6) is 0 Å². The molecular formula is C19H22N4O3S. The summed E-state index contributed by atoms with van der Waals surface area (Å²) in [5, 5.41) is 1.07. The molecule has 27 heavy (non-hydrogen) atoms. The lowest BCUT2D eigenvalue weighted by atomic mass is 10.1. The Labute approximate surface area is 158 Å². The van der Waals surface area contributed by atoms with E-state index in [1.165, 1.54) is 4.31 Å². The second-order valence-electron chi connectivity index (χ2n) is 6.97. The second-order valence-corrected chi connectivity index (χ2v) is 9.20. The average Bonchev–Trinajstić information content (AvgIpc) is 3.29. The number of ether oxygens (including phenoxy) is 1. The maximum atomic E-state index is 12.3. The van der Waals surface area contributed by atoms with Gasteiger partial charge in [-0.1, -0.05) is 24.3 Å². The van der Waals surface area contributed by atoms with Crippen LogP contribution >= 0.6 is 0 Å². The number of fused-ring (bicyclic) bond motifs is 1. The molecule has 0 amide bonds. The fourth-order valence-electron chi connectivity index (χ4n) is 3.44. The van der Waals surface area contributed by atoms with Gasteiger partial charge in [0.15, 0.2) is 5.82 Å². The molecule has 0 spiro atoms. The Morgan fingerprint density at radius 2 is 2.00 bits per heavy atom. The van der Waals surface area contributed by atoms with Crippen molar-refractivity contribution in [3.8, 4) is 11.5 Å². The predicted molar refractivity (Wildman–Crippen MR) is 104 cm³/mol. The molecule has 1 aliphatic heterocycles. The van der Waals surface area contributed by atoms with E-state index in [0.717, 1.165) is 22.4 Å². The molecule has 4 rings (SSSR count). The lowest BCUT2D eigenvalue weighted by Gasteiger charge is -2.22. The van der Waals surface area contributed by atoms with E-state index in [1.54, 1.807) is 20.3 Å². The predicted octanol–water partition coefficient (Wildman–Crippen LogP) is 2.18. The molecule has 0 unspecified atom stereocenters. The molecule has 7 nitrogen and oxygen atoms in total. The van der Waals surface area contributed by atoms with Gasteiger partial charge in [-0.05, 0) is 12.1 Å². The molecule has 142 valence electrons. The van der Waals surface area contributed by atoms with Gasteiger partial charge in [-0.2, -0.15) is 0 Å². The van der Waals surface area contributed by atoms with E-state index < -0.39 is 10.0 Å². The van der Waals surface area contributed by atoms with Gasteiger partial charge in [0.1, 0.15) is 5.69 Å². The highest BCUT2D eigenvalue weighted by atomic mass is 32.2. The number of aromatic nitrogens is 3. The Hall–Kier alpha value is -2.29. The van der Waals surface area contributed by atoms with Gasteiger partial charge in [0, 0.05) is 37.8 Å². The molecule has 1 aromatic carbocycles. The maximum absolute atomic E-state index is 12.3. The van der Waals surface area contributed by atoms with Crippen LogP contribution in [0, 0.1) is 5.92 Å². The van der Waals surface area contributed by atoms with Crippen molar-refractivity contribution >= 4 is 20.9 Å². The SMILES string of the molecule is CN(C)S(=O)(=O)C[C@H]1COC[C@H]1n1ccnc1-c1ccc2ccccc2n1. The zero-order valence-corrected chi connectivity index (χ0v) is 16.1. The van der Waals surface area contributed by atoms with E-state index in [1.807, 2.05) is 47.2 Å². The first-order chi connectivity index (χ1) is 13.0. The quantitative estimate of drug-likeness (QED) is 0.672. The standard InChI is InChI=1S/C19H22N4O3S/c1-22(2)27(24,25)13-15-11-26-12-18(15)23-10-9-20-19(23)17-8-7-14-5-3-4-6-16(14)21-17/h3-10,15,18H,11-13H2,1-2H3/t15-,18-/m1/s1. The van der Waals surface area contributed by atoms with Gasteiger partial charge in [0.2, 0.25) is 10.0 Å². The Kier molecular flexibility index (Phi) is 4.71. The minimum atomic E-state index is -3.31. The number of nitrogens with zero attached hydrogens (tertiary/aromatic N) is 4. The summed E-state index contributed by atoms with van der Waals surface area (Å²) in [6.07, 6.45) is 3.60. The van der Waals surface area contributed by atoms with Crippen molar-refractivity contribution in [1.29, 1.82) is 0 Å². The maximum Gasteiger partial charge on any atom is 0.214 e. The Morgan fingerprint density at radius 3 is 2.81 bits per heavy atom. The van der Waals surface area contributed by atoms with Gasteiger partial charge < -0.3 is 9.30 Å². The molecule has 3 aromatic rings. The highest BCUT2D eigenvalue weighted by Crippen LogP contribution is 2.31. The van der Waals surface area contributed by atoms with Crippen molar-refractivity contribution < 1.29 is 13.2 Å². The van der Waals surface area contributed by atoms with Crippen LogP contribution in [0.25, 0.3) is 22.4 Å². The molecule has 0 saturated carbocycles. The fourth-order valence-corrected chi connectivity index (χ4v) is 4.60. The van der Waals surface area contributed by atoms with E-state index in [2.05, 4.69) is 4.98 Å². The van der Waals surface area contributed by atoms with Crippen LogP contribution in [-0.4, -0.2) is 60.3 Å². The number of para-hydroxylation sites is 1. The fraction of sp³-hybridized carbons (Fsp3) is 0.368. The molecule has 1 saturated heterocycles. The van der Waals surface area contributed by atoms with Gasteiger partial charge in [-0.25, -0.2) is 22.7 Å². The molecular weight excluding hydrogens is 364 g/mol. The minimum absolute atomic E-state index is 0.0490. The Morgan fingerprint density at radius 1 is 1.19 bits per heavy atom. The van der Waals surface area contributed by atoms with Crippen LogP contribution in [0.1, 0.15) is 6.04 Å². The smallest absolute Gasteiger partial charge is 0.214 e. The van der Waals surface area contributed by atoms with Gasteiger partial charge in [-0.15, -0.1) is 0 Å². The zero-order valence-electron chi connectivity index (χ0n) is 15.3. The molecule has 2 aromatic heterocycles. The van der Waals surface area contributed by atoms with E-state index in [9.17, 15) is 8.42 Å². The van der Waals surface area contributed by atoms with Crippen LogP contribution in [0.2, 0.25) is 0 Å². The molecule has 0 aliphatic carbocycles. The minimum Gasteiger partial charge on any atom is -0.379 e. The summed E-state index contributed by atoms with van der Waals surface area (Å²) in [6.45, 7) is 0.880. The van der Waals surface area contributed by atoms with Crippen LogP contribution < -0.4 is 0 Å². The molecule has 0 N–H and O–H groups in total. The monoisotopic (exact) mass is 386 g/mol. The highest BCUT2D eigenvalue weighted by molar-refractivity contribution is 7.89.